The molecule has 0 fully saturated rings. The lowest BCUT2D eigenvalue weighted by atomic mass is 10.4. The highest BCUT2D eigenvalue weighted by Gasteiger charge is 1.98. The first-order valence-corrected chi connectivity index (χ1v) is 4.40. The van der Waals surface area contributed by atoms with Crippen LogP contribution in [0.1, 0.15) is 12.6 Å². The van der Waals surface area contributed by atoms with Gasteiger partial charge in [-0.2, -0.15) is 0 Å². The van der Waals surface area contributed by atoms with E-state index >= 15 is 0 Å². The smallest absolute Gasteiger partial charge is 0.182 e. The molecule has 0 bridgehead atoms. The number of rotatable bonds is 3. The number of aliphatic hydroxyl groups excluding tert-OH is 1. The van der Waals surface area contributed by atoms with E-state index in [-0.39, 0.29) is 6.10 Å². The van der Waals surface area contributed by atoms with E-state index in [0.717, 1.165) is 10.8 Å². The van der Waals surface area contributed by atoms with Gasteiger partial charge in [0.15, 0.2) is 5.13 Å². The van der Waals surface area contributed by atoms with E-state index < -0.39 is 0 Å². The quantitative estimate of drug-likeness (QED) is 0.721. The maximum absolute atomic E-state index is 8.93. The lowest BCUT2D eigenvalue weighted by Crippen LogP contribution is -2.14. The number of aliphatic hydroxyl groups is 1. The maximum atomic E-state index is 8.93. The Morgan fingerprint density at radius 1 is 1.82 bits per heavy atom. The number of anilines is 1. The Balaban J connectivity index is 2.39. The number of hydrogen-bond acceptors (Lipinski definition) is 4. The second kappa shape index (κ2) is 3.69. The number of nitrogens with zero attached hydrogens (tertiary/aromatic N) is 1. The zero-order valence-corrected chi connectivity index (χ0v) is 7.48. The lowest BCUT2D eigenvalue weighted by molar-refractivity contribution is 0.208. The minimum Gasteiger partial charge on any atom is -0.392 e. The Morgan fingerprint density at radius 2 is 2.55 bits per heavy atom. The summed E-state index contributed by atoms with van der Waals surface area (Å²) in [6.45, 7) is 4.25. The molecular formula is C7H12N2OS. The average molecular weight is 172 g/mol. The summed E-state index contributed by atoms with van der Waals surface area (Å²) in [6, 6.07) is 0. The summed E-state index contributed by atoms with van der Waals surface area (Å²) in [5, 5.41) is 14.8. The molecule has 0 aliphatic rings. The van der Waals surface area contributed by atoms with Crippen molar-refractivity contribution in [3.8, 4) is 0 Å². The molecule has 11 heavy (non-hydrogen) atoms. The van der Waals surface area contributed by atoms with Crippen molar-refractivity contribution in [1.82, 2.24) is 4.98 Å². The van der Waals surface area contributed by atoms with Crippen molar-refractivity contribution in [3.63, 3.8) is 0 Å². The van der Waals surface area contributed by atoms with E-state index in [9.17, 15) is 0 Å². The van der Waals surface area contributed by atoms with E-state index in [1.165, 1.54) is 0 Å². The lowest BCUT2D eigenvalue weighted by Gasteiger charge is -2.03. The van der Waals surface area contributed by atoms with Crippen LogP contribution in [0.15, 0.2) is 5.38 Å². The van der Waals surface area contributed by atoms with Crippen LogP contribution in [-0.4, -0.2) is 22.7 Å². The zero-order valence-electron chi connectivity index (χ0n) is 6.66. The molecule has 0 spiro atoms. The van der Waals surface area contributed by atoms with Crippen LogP contribution in [0.4, 0.5) is 5.13 Å². The fourth-order valence-electron chi connectivity index (χ4n) is 0.670. The van der Waals surface area contributed by atoms with Crippen molar-refractivity contribution in [2.45, 2.75) is 20.0 Å². The Bertz CT molecular complexity index is 222. The van der Waals surface area contributed by atoms with Gasteiger partial charge in [0.05, 0.1) is 11.8 Å². The van der Waals surface area contributed by atoms with E-state index in [2.05, 4.69) is 10.3 Å². The topological polar surface area (TPSA) is 45.1 Å². The number of aromatic nitrogens is 1. The highest BCUT2D eigenvalue weighted by atomic mass is 32.1. The number of thiazole rings is 1. The fraction of sp³-hybridized carbons (Fsp3) is 0.571. The average Bonchev–Trinajstić information content (AvgIpc) is 2.31. The van der Waals surface area contributed by atoms with E-state index in [0.29, 0.717) is 6.54 Å². The molecular weight excluding hydrogens is 160 g/mol. The molecule has 0 saturated carbocycles. The van der Waals surface area contributed by atoms with Crippen molar-refractivity contribution in [3.05, 3.63) is 11.1 Å². The monoisotopic (exact) mass is 172 g/mol. The first-order chi connectivity index (χ1) is 5.18. The third kappa shape index (κ3) is 2.86. The van der Waals surface area contributed by atoms with Crippen molar-refractivity contribution < 1.29 is 5.11 Å². The highest BCUT2D eigenvalue weighted by molar-refractivity contribution is 7.13. The molecule has 1 unspecified atom stereocenters. The molecule has 0 aliphatic carbocycles. The second-order valence-electron chi connectivity index (χ2n) is 2.52. The highest BCUT2D eigenvalue weighted by Crippen LogP contribution is 2.13. The van der Waals surface area contributed by atoms with E-state index in [1.807, 2.05) is 12.3 Å². The van der Waals surface area contributed by atoms with Gasteiger partial charge in [-0.05, 0) is 13.8 Å². The van der Waals surface area contributed by atoms with Crippen molar-refractivity contribution in [2.24, 2.45) is 0 Å². The predicted octanol–water partition coefficient (Wildman–Crippen LogP) is 1.24. The van der Waals surface area contributed by atoms with Crippen LogP contribution in [0, 0.1) is 6.92 Å². The van der Waals surface area contributed by atoms with Crippen LogP contribution in [0.5, 0.6) is 0 Å². The van der Waals surface area contributed by atoms with Crippen molar-refractivity contribution >= 4 is 16.5 Å². The second-order valence-corrected chi connectivity index (χ2v) is 3.38. The van der Waals surface area contributed by atoms with Gasteiger partial charge in [-0.1, -0.05) is 0 Å². The molecule has 2 N–H and O–H groups in total. The summed E-state index contributed by atoms with van der Waals surface area (Å²) in [6.07, 6.45) is -0.320. The number of nitrogens with one attached hydrogen (secondary N) is 1. The summed E-state index contributed by atoms with van der Waals surface area (Å²) < 4.78 is 0. The van der Waals surface area contributed by atoms with Crippen LogP contribution in [0.25, 0.3) is 0 Å². The molecule has 0 aliphatic heterocycles. The van der Waals surface area contributed by atoms with Gasteiger partial charge in [-0.25, -0.2) is 4.98 Å². The third-order valence-electron chi connectivity index (χ3n) is 1.17. The Labute approximate surface area is 70.1 Å². The zero-order chi connectivity index (χ0) is 8.27. The normalized spacial score (nSPS) is 13.0. The largest absolute Gasteiger partial charge is 0.392 e. The van der Waals surface area contributed by atoms with Crippen molar-refractivity contribution in [2.75, 3.05) is 11.9 Å². The van der Waals surface area contributed by atoms with Crippen LogP contribution in [0.2, 0.25) is 0 Å². The number of hydrogen-bond donors (Lipinski definition) is 2. The summed E-state index contributed by atoms with van der Waals surface area (Å²) in [5.74, 6) is 0. The SMILES string of the molecule is Cc1csc(NCC(C)O)n1. The van der Waals surface area contributed by atoms with Crippen LogP contribution >= 0.6 is 11.3 Å². The van der Waals surface area contributed by atoms with Gasteiger partial charge in [-0.3, -0.25) is 0 Å². The molecule has 3 nitrogen and oxygen atoms in total. The van der Waals surface area contributed by atoms with Crippen LogP contribution in [-0.2, 0) is 0 Å². The molecule has 1 rings (SSSR count). The summed E-state index contributed by atoms with van der Waals surface area (Å²) in [4.78, 5) is 4.18. The van der Waals surface area contributed by atoms with E-state index in [1.54, 1.807) is 18.3 Å². The van der Waals surface area contributed by atoms with Crippen molar-refractivity contribution in [1.29, 1.82) is 0 Å². The van der Waals surface area contributed by atoms with Gasteiger partial charge in [0.2, 0.25) is 0 Å². The van der Waals surface area contributed by atoms with Crippen LogP contribution in [0.3, 0.4) is 0 Å². The molecule has 1 aromatic rings. The Morgan fingerprint density at radius 3 is 3.00 bits per heavy atom. The molecule has 1 heterocycles. The summed E-state index contributed by atoms with van der Waals surface area (Å²) in [5.41, 5.74) is 1.02. The summed E-state index contributed by atoms with van der Waals surface area (Å²) >= 11 is 1.56. The van der Waals surface area contributed by atoms with Gasteiger partial charge in [0.1, 0.15) is 0 Å². The first-order valence-electron chi connectivity index (χ1n) is 3.52. The summed E-state index contributed by atoms with van der Waals surface area (Å²) in [7, 11) is 0. The maximum Gasteiger partial charge on any atom is 0.182 e. The van der Waals surface area contributed by atoms with Gasteiger partial charge in [-0.15, -0.1) is 11.3 Å². The molecule has 0 saturated heterocycles. The Kier molecular flexibility index (Phi) is 2.84. The number of aryl methyl sites for hydroxylation is 1. The molecule has 1 aromatic heterocycles. The molecule has 1 atom stereocenters. The molecule has 4 heteroatoms. The molecule has 0 aromatic carbocycles. The molecule has 0 amide bonds. The first kappa shape index (κ1) is 8.49. The van der Waals surface area contributed by atoms with Crippen LogP contribution < -0.4 is 5.32 Å². The third-order valence-corrected chi connectivity index (χ3v) is 2.09. The standard InChI is InChI=1S/C7H12N2OS/c1-5-4-11-7(9-5)8-3-6(2)10/h4,6,10H,3H2,1-2H3,(H,8,9). The van der Waals surface area contributed by atoms with E-state index in [4.69, 9.17) is 5.11 Å². The Hall–Kier alpha value is -0.610. The molecule has 0 radical (unpaired) electrons. The van der Waals surface area contributed by atoms with Gasteiger partial charge >= 0.3 is 0 Å². The predicted molar refractivity (Wildman–Crippen MR) is 47.0 cm³/mol. The van der Waals surface area contributed by atoms with Gasteiger partial charge in [0, 0.05) is 11.9 Å². The molecule has 62 valence electrons. The fourth-order valence-corrected chi connectivity index (χ4v) is 1.37. The minimum absolute atomic E-state index is 0.320. The van der Waals surface area contributed by atoms with Gasteiger partial charge < -0.3 is 10.4 Å². The van der Waals surface area contributed by atoms with Gasteiger partial charge in [0.25, 0.3) is 0 Å². The minimum atomic E-state index is -0.320.